The van der Waals surface area contributed by atoms with E-state index in [2.05, 4.69) is 10.6 Å². The van der Waals surface area contributed by atoms with Crippen LogP contribution in [-0.2, 0) is 4.79 Å². The van der Waals surface area contributed by atoms with E-state index in [1.54, 1.807) is 19.1 Å². The molecule has 0 aromatic heterocycles. The number of para-hydroxylation sites is 1. The van der Waals surface area contributed by atoms with Crippen LogP contribution >= 0.6 is 0 Å². The summed E-state index contributed by atoms with van der Waals surface area (Å²) < 4.78 is 13.6. The summed E-state index contributed by atoms with van der Waals surface area (Å²) in [5.41, 5.74) is -0.138. The number of carbonyl (C=O) groups is 2. The van der Waals surface area contributed by atoms with Gasteiger partial charge in [-0.1, -0.05) is 18.6 Å². The molecule has 0 heterocycles. The quantitative estimate of drug-likeness (QED) is 0.793. The van der Waals surface area contributed by atoms with Crippen molar-refractivity contribution in [1.29, 1.82) is 0 Å². The van der Waals surface area contributed by atoms with Crippen LogP contribution in [-0.4, -0.2) is 23.7 Å². The Bertz CT molecular complexity index is 521. The number of anilines is 1. The molecule has 0 unspecified atom stereocenters. The number of halogens is 1. The zero-order chi connectivity index (χ0) is 14.8. The summed E-state index contributed by atoms with van der Waals surface area (Å²) in [4.78, 5) is 22.9. The molecule has 0 bridgehead atoms. The smallest absolute Gasteiger partial charge is 0.319 e. The fraction of sp³-hybridized carbons (Fsp3) is 0.429. The molecule has 0 saturated heterocycles. The molecule has 3 N–H and O–H groups in total. The lowest BCUT2D eigenvalue weighted by molar-refractivity contribution is -0.153. The van der Waals surface area contributed by atoms with Gasteiger partial charge < -0.3 is 15.7 Å². The third kappa shape index (κ3) is 2.74. The fourth-order valence-corrected chi connectivity index (χ4v) is 2.27. The molecular weight excluding hydrogens is 263 g/mol. The van der Waals surface area contributed by atoms with Gasteiger partial charge in [0.15, 0.2) is 0 Å². The highest BCUT2D eigenvalue weighted by atomic mass is 19.1. The molecule has 0 atom stereocenters. The molecule has 1 aromatic carbocycles. The molecule has 1 fully saturated rings. The van der Waals surface area contributed by atoms with Gasteiger partial charge in [-0.25, -0.2) is 9.18 Å². The van der Waals surface area contributed by atoms with E-state index in [0.717, 1.165) is 6.42 Å². The molecular formula is C14H17FN2O3. The highest BCUT2D eigenvalue weighted by Gasteiger charge is 2.44. The Kier molecular flexibility index (Phi) is 3.92. The molecule has 0 radical (unpaired) electrons. The fourth-order valence-electron chi connectivity index (χ4n) is 2.27. The molecule has 5 nitrogen and oxygen atoms in total. The Balaban J connectivity index is 1.95. The third-order valence-electron chi connectivity index (χ3n) is 3.81. The maximum atomic E-state index is 13.6. The Morgan fingerprint density at radius 2 is 2.10 bits per heavy atom. The van der Waals surface area contributed by atoms with Gasteiger partial charge in [0, 0.05) is 6.54 Å². The van der Waals surface area contributed by atoms with E-state index in [4.69, 9.17) is 5.11 Å². The van der Waals surface area contributed by atoms with Crippen LogP contribution in [0.5, 0.6) is 0 Å². The number of carboxylic acid groups (broad SMARTS) is 1. The topological polar surface area (TPSA) is 78.4 Å². The van der Waals surface area contributed by atoms with Crippen molar-refractivity contribution < 1.29 is 19.1 Å². The van der Waals surface area contributed by atoms with Crippen LogP contribution in [0.1, 0.15) is 24.8 Å². The Morgan fingerprint density at radius 1 is 1.40 bits per heavy atom. The van der Waals surface area contributed by atoms with Crippen molar-refractivity contribution in [3.8, 4) is 0 Å². The molecule has 1 aliphatic carbocycles. The van der Waals surface area contributed by atoms with Crippen molar-refractivity contribution in [2.24, 2.45) is 5.41 Å². The van der Waals surface area contributed by atoms with E-state index < -0.39 is 23.2 Å². The summed E-state index contributed by atoms with van der Waals surface area (Å²) in [5, 5.41) is 14.1. The van der Waals surface area contributed by atoms with Crippen molar-refractivity contribution in [3.05, 3.63) is 29.6 Å². The van der Waals surface area contributed by atoms with Crippen molar-refractivity contribution in [1.82, 2.24) is 5.32 Å². The normalized spacial score (nSPS) is 16.1. The van der Waals surface area contributed by atoms with Crippen LogP contribution in [0.15, 0.2) is 18.2 Å². The van der Waals surface area contributed by atoms with Crippen molar-refractivity contribution in [2.45, 2.75) is 26.2 Å². The highest BCUT2D eigenvalue weighted by Crippen LogP contribution is 2.40. The van der Waals surface area contributed by atoms with Crippen LogP contribution in [0.25, 0.3) is 0 Å². The van der Waals surface area contributed by atoms with E-state index >= 15 is 0 Å². The number of nitrogens with one attached hydrogen (secondary N) is 2. The molecule has 2 amide bonds. The van der Waals surface area contributed by atoms with Gasteiger partial charge in [-0.05, 0) is 31.4 Å². The van der Waals surface area contributed by atoms with Crippen molar-refractivity contribution >= 4 is 17.7 Å². The summed E-state index contributed by atoms with van der Waals surface area (Å²) in [6.07, 6.45) is 1.96. The van der Waals surface area contributed by atoms with Crippen LogP contribution < -0.4 is 10.6 Å². The van der Waals surface area contributed by atoms with Crippen LogP contribution in [0.4, 0.5) is 14.9 Å². The van der Waals surface area contributed by atoms with E-state index in [0.29, 0.717) is 18.4 Å². The van der Waals surface area contributed by atoms with Crippen molar-refractivity contribution in [2.75, 3.05) is 11.9 Å². The predicted molar refractivity (Wildman–Crippen MR) is 72.1 cm³/mol. The van der Waals surface area contributed by atoms with E-state index in [9.17, 15) is 14.0 Å². The van der Waals surface area contributed by atoms with E-state index in [1.165, 1.54) is 6.07 Å². The lowest BCUT2D eigenvalue weighted by atomic mass is 9.69. The number of carboxylic acids is 1. The molecule has 0 spiro atoms. The number of aryl methyl sites for hydroxylation is 1. The minimum Gasteiger partial charge on any atom is -0.481 e. The first-order valence-corrected chi connectivity index (χ1v) is 6.48. The lowest BCUT2D eigenvalue weighted by Crippen LogP contribution is -2.48. The zero-order valence-electron chi connectivity index (χ0n) is 11.2. The first-order chi connectivity index (χ1) is 9.44. The molecule has 1 aliphatic rings. The predicted octanol–water partition coefficient (Wildman–Crippen LogP) is 2.51. The van der Waals surface area contributed by atoms with Crippen molar-refractivity contribution in [3.63, 3.8) is 0 Å². The number of benzene rings is 1. The number of aliphatic carboxylic acids is 1. The third-order valence-corrected chi connectivity index (χ3v) is 3.81. The first kappa shape index (κ1) is 14.3. The van der Waals surface area contributed by atoms with Gasteiger partial charge in [-0.3, -0.25) is 4.79 Å². The van der Waals surface area contributed by atoms with Crippen LogP contribution in [0, 0.1) is 18.2 Å². The molecule has 2 rings (SSSR count). The second kappa shape index (κ2) is 5.48. The zero-order valence-corrected chi connectivity index (χ0v) is 11.2. The lowest BCUT2D eigenvalue weighted by Gasteiger charge is -2.37. The van der Waals surface area contributed by atoms with E-state index in [1.807, 2.05) is 0 Å². The number of amides is 2. The summed E-state index contributed by atoms with van der Waals surface area (Å²) in [7, 11) is 0. The first-order valence-electron chi connectivity index (χ1n) is 6.48. The average molecular weight is 280 g/mol. The summed E-state index contributed by atoms with van der Waals surface area (Å²) >= 11 is 0. The maximum absolute atomic E-state index is 13.6. The summed E-state index contributed by atoms with van der Waals surface area (Å²) in [6, 6.07) is 3.91. The number of urea groups is 1. The van der Waals surface area contributed by atoms with Crippen LogP contribution in [0.3, 0.4) is 0 Å². The minimum absolute atomic E-state index is 0.0572. The Labute approximate surface area is 116 Å². The van der Waals surface area contributed by atoms with Gasteiger partial charge in [0.25, 0.3) is 0 Å². The van der Waals surface area contributed by atoms with E-state index in [-0.39, 0.29) is 12.2 Å². The monoisotopic (exact) mass is 280 g/mol. The van der Waals surface area contributed by atoms with Gasteiger partial charge in [0.05, 0.1) is 11.1 Å². The molecule has 1 saturated carbocycles. The number of hydrogen-bond acceptors (Lipinski definition) is 2. The second-order valence-corrected chi connectivity index (χ2v) is 5.18. The van der Waals surface area contributed by atoms with Gasteiger partial charge >= 0.3 is 12.0 Å². The van der Waals surface area contributed by atoms with Gasteiger partial charge in [0.1, 0.15) is 5.82 Å². The second-order valence-electron chi connectivity index (χ2n) is 5.18. The SMILES string of the molecule is Cc1cccc(F)c1NC(=O)NCC1(C(=O)O)CCC1. The standard InChI is InChI=1S/C14H17FN2O3/c1-9-4-2-5-10(15)11(9)17-13(20)16-8-14(12(18)19)6-3-7-14/h2,4-5H,3,6-8H2,1H3,(H,18,19)(H2,16,17,20). The Morgan fingerprint density at radius 3 is 2.60 bits per heavy atom. The maximum Gasteiger partial charge on any atom is 0.319 e. The molecule has 20 heavy (non-hydrogen) atoms. The minimum atomic E-state index is -0.897. The van der Waals surface area contributed by atoms with Crippen LogP contribution in [0.2, 0.25) is 0 Å². The highest BCUT2D eigenvalue weighted by molar-refractivity contribution is 5.90. The van der Waals surface area contributed by atoms with Gasteiger partial charge in [0.2, 0.25) is 0 Å². The van der Waals surface area contributed by atoms with Gasteiger partial charge in [-0.2, -0.15) is 0 Å². The Hall–Kier alpha value is -2.11. The molecule has 108 valence electrons. The summed E-state index contributed by atoms with van der Waals surface area (Å²) in [5.74, 6) is -1.41. The molecule has 1 aromatic rings. The molecule has 0 aliphatic heterocycles. The number of hydrogen-bond donors (Lipinski definition) is 3. The summed E-state index contributed by atoms with van der Waals surface area (Å²) in [6.45, 7) is 1.74. The molecule has 6 heteroatoms. The van der Waals surface area contributed by atoms with Gasteiger partial charge in [-0.15, -0.1) is 0 Å². The number of carbonyl (C=O) groups excluding carboxylic acids is 1. The number of rotatable bonds is 4. The largest absolute Gasteiger partial charge is 0.481 e. The average Bonchev–Trinajstić information content (AvgIpc) is 2.32.